The zero-order valence-corrected chi connectivity index (χ0v) is 9.17. The van der Waals surface area contributed by atoms with Crippen LogP contribution in [-0.2, 0) is 9.53 Å². The third-order valence-electron chi connectivity index (χ3n) is 1.78. The molecule has 0 aromatic heterocycles. The van der Waals surface area contributed by atoms with Crippen LogP contribution in [-0.4, -0.2) is 52.4 Å². The molecule has 0 aliphatic heterocycles. The van der Waals surface area contributed by atoms with E-state index in [1.54, 1.807) is 0 Å². The Balaban J connectivity index is 4.94. The van der Waals surface area contributed by atoms with Crippen molar-refractivity contribution in [2.75, 3.05) is 13.7 Å². The molecule has 0 bridgehead atoms. The van der Waals surface area contributed by atoms with Crippen molar-refractivity contribution in [2.24, 2.45) is 0 Å². The van der Waals surface area contributed by atoms with Crippen LogP contribution in [0.2, 0.25) is 0 Å². The molecule has 1 unspecified atom stereocenters. The number of methoxy groups -OCH3 is 1. The molecule has 5 N–H and O–H groups in total. The lowest BCUT2D eigenvalue weighted by Crippen LogP contribution is -2.33. The van der Waals surface area contributed by atoms with Crippen LogP contribution in [0.15, 0.2) is 11.5 Å². The first-order chi connectivity index (χ1) is 7.43. The van der Waals surface area contributed by atoms with E-state index in [4.69, 9.17) is 5.11 Å². The summed E-state index contributed by atoms with van der Waals surface area (Å²) in [7, 11) is 1.16. The number of carbonyl (C=O) groups is 1. The van der Waals surface area contributed by atoms with Gasteiger partial charge in [-0.2, -0.15) is 0 Å². The van der Waals surface area contributed by atoms with Gasteiger partial charge < -0.3 is 30.5 Å². The fourth-order valence-electron chi connectivity index (χ4n) is 0.998. The topological polar surface area (TPSA) is 119 Å². The van der Waals surface area contributed by atoms with E-state index >= 15 is 0 Å². The third kappa shape index (κ3) is 4.58. The van der Waals surface area contributed by atoms with Gasteiger partial charge in [-0.3, -0.25) is 4.79 Å². The van der Waals surface area contributed by atoms with E-state index in [9.17, 15) is 20.1 Å². The number of nitrogens with one attached hydrogen (secondary N) is 1. The number of hydrogen-bond donors (Lipinski definition) is 5. The Morgan fingerprint density at radius 1 is 1.44 bits per heavy atom. The number of aliphatic hydroxyl groups excluding tert-OH is 4. The molecule has 0 aromatic rings. The molecule has 0 aliphatic rings. The third-order valence-corrected chi connectivity index (χ3v) is 1.78. The average Bonchev–Trinajstić information content (AvgIpc) is 2.24. The number of rotatable bonds is 6. The van der Waals surface area contributed by atoms with Crippen molar-refractivity contribution >= 4 is 5.91 Å². The quantitative estimate of drug-likeness (QED) is 0.285. The fraction of sp³-hybridized carbons (Fsp3) is 0.667. The van der Waals surface area contributed by atoms with Gasteiger partial charge in [0.05, 0.1) is 0 Å². The average molecular weight is 235 g/mol. The van der Waals surface area contributed by atoms with Crippen LogP contribution < -0.4 is 5.32 Å². The van der Waals surface area contributed by atoms with E-state index in [-0.39, 0.29) is 18.7 Å². The Kier molecular flexibility index (Phi) is 6.66. The van der Waals surface area contributed by atoms with Crippen molar-refractivity contribution in [3.63, 3.8) is 0 Å². The van der Waals surface area contributed by atoms with Crippen molar-refractivity contribution in [1.82, 2.24) is 5.32 Å². The van der Waals surface area contributed by atoms with Crippen LogP contribution in [0.3, 0.4) is 0 Å². The highest BCUT2D eigenvalue weighted by atomic mass is 16.6. The maximum Gasteiger partial charge on any atom is 0.221 e. The lowest BCUT2D eigenvalue weighted by atomic mass is 10.2. The van der Waals surface area contributed by atoms with Crippen molar-refractivity contribution in [3.8, 4) is 0 Å². The van der Waals surface area contributed by atoms with E-state index in [1.807, 2.05) is 0 Å². The van der Waals surface area contributed by atoms with E-state index in [1.165, 1.54) is 6.92 Å². The largest absolute Gasteiger partial charge is 0.508 e. The van der Waals surface area contributed by atoms with Crippen LogP contribution >= 0.6 is 0 Å². The van der Waals surface area contributed by atoms with Gasteiger partial charge in [-0.15, -0.1) is 0 Å². The van der Waals surface area contributed by atoms with Gasteiger partial charge in [-0.1, -0.05) is 0 Å². The highest BCUT2D eigenvalue weighted by molar-refractivity contribution is 5.75. The molecule has 94 valence electrons. The minimum Gasteiger partial charge on any atom is -0.508 e. The maximum absolute atomic E-state index is 10.8. The standard InChI is InChI=1S/C9H17NO6/c1-5(12)10-7(9(15)16-2)8(14)6(13)3-4-11/h6,9,11,13-15H,3-4H2,1-2H3,(H,10,12)/b8-7+/t6?,9-/m0/s1. The molecule has 0 aliphatic carbocycles. The molecule has 0 spiro atoms. The molecule has 0 fully saturated rings. The van der Waals surface area contributed by atoms with Crippen LogP contribution in [0, 0.1) is 0 Å². The summed E-state index contributed by atoms with van der Waals surface area (Å²) in [5, 5.41) is 38.9. The number of hydrogen-bond acceptors (Lipinski definition) is 6. The lowest BCUT2D eigenvalue weighted by Gasteiger charge is -2.18. The van der Waals surface area contributed by atoms with E-state index in [0.717, 1.165) is 7.11 Å². The molecule has 0 rings (SSSR count). The number of aliphatic hydroxyl groups is 4. The van der Waals surface area contributed by atoms with Crippen molar-refractivity contribution in [3.05, 3.63) is 11.5 Å². The molecule has 1 amide bonds. The van der Waals surface area contributed by atoms with Crippen molar-refractivity contribution in [1.29, 1.82) is 0 Å². The first-order valence-corrected chi connectivity index (χ1v) is 4.64. The summed E-state index contributed by atoms with van der Waals surface area (Å²) in [6, 6.07) is 0. The Labute approximate surface area is 93.0 Å². The molecule has 0 heterocycles. The molecular formula is C9H17NO6. The fourth-order valence-corrected chi connectivity index (χ4v) is 0.998. The summed E-state index contributed by atoms with van der Waals surface area (Å²) in [5.41, 5.74) is -0.337. The number of ether oxygens (including phenoxy) is 1. The molecule has 0 aromatic carbocycles. The SMILES string of the molecule is CO[C@H](O)/C(NC(C)=O)=C(\O)C(O)CCO. The van der Waals surface area contributed by atoms with Gasteiger partial charge in [-0.25, -0.2) is 0 Å². The molecule has 0 radical (unpaired) electrons. The molecule has 2 atom stereocenters. The van der Waals surface area contributed by atoms with E-state index < -0.39 is 24.1 Å². The van der Waals surface area contributed by atoms with Crippen LogP contribution in [0.1, 0.15) is 13.3 Å². The summed E-state index contributed by atoms with van der Waals surface area (Å²) in [6.07, 6.45) is -3.06. The normalized spacial score (nSPS) is 16.3. The molecule has 7 heteroatoms. The number of amides is 1. The van der Waals surface area contributed by atoms with Gasteiger partial charge in [0.1, 0.15) is 17.6 Å². The first-order valence-electron chi connectivity index (χ1n) is 4.64. The Morgan fingerprint density at radius 2 is 2.00 bits per heavy atom. The lowest BCUT2D eigenvalue weighted by molar-refractivity contribution is -0.120. The zero-order valence-electron chi connectivity index (χ0n) is 9.17. The smallest absolute Gasteiger partial charge is 0.221 e. The number of carbonyl (C=O) groups excluding carboxylic acids is 1. The summed E-state index contributed by atoms with van der Waals surface area (Å²) in [6.45, 7) is 0.829. The minimum atomic E-state index is -1.56. The van der Waals surface area contributed by atoms with E-state index in [2.05, 4.69) is 10.1 Å². The second-order valence-electron chi connectivity index (χ2n) is 3.10. The van der Waals surface area contributed by atoms with Gasteiger partial charge >= 0.3 is 0 Å². The van der Waals surface area contributed by atoms with Crippen molar-refractivity contribution in [2.45, 2.75) is 25.7 Å². The predicted octanol–water partition coefficient (Wildman–Crippen LogP) is -1.40. The minimum absolute atomic E-state index is 0.120. The van der Waals surface area contributed by atoms with Crippen LogP contribution in [0.5, 0.6) is 0 Å². The van der Waals surface area contributed by atoms with Gasteiger partial charge in [0, 0.05) is 27.1 Å². The van der Waals surface area contributed by atoms with E-state index in [0.29, 0.717) is 0 Å². The highest BCUT2D eigenvalue weighted by Crippen LogP contribution is 2.11. The molecule has 0 saturated carbocycles. The Hall–Kier alpha value is -1.15. The summed E-state index contributed by atoms with van der Waals surface area (Å²) in [5.74, 6) is -1.17. The first kappa shape index (κ1) is 14.8. The van der Waals surface area contributed by atoms with Gasteiger partial charge in [0.2, 0.25) is 5.91 Å². The summed E-state index contributed by atoms with van der Waals surface area (Å²) < 4.78 is 4.51. The molecule has 16 heavy (non-hydrogen) atoms. The van der Waals surface area contributed by atoms with Crippen molar-refractivity contribution < 1.29 is 30.0 Å². The Morgan fingerprint density at radius 3 is 2.38 bits per heavy atom. The summed E-state index contributed by atoms with van der Waals surface area (Å²) in [4.78, 5) is 10.8. The maximum atomic E-state index is 10.8. The predicted molar refractivity (Wildman–Crippen MR) is 54.2 cm³/mol. The molecule has 7 nitrogen and oxygen atoms in total. The van der Waals surface area contributed by atoms with Gasteiger partial charge in [0.25, 0.3) is 0 Å². The second kappa shape index (κ2) is 7.18. The van der Waals surface area contributed by atoms with Crippen LogP contribution in [0.4, 0.5) is 0 Å². The zero-order chi connectivity index (χ0) is 12.7. The van der Waals surface area contributed by atoms with Gasteiger partial charge in [-0.05, 0) is 0 Å². The molecule has 0 saturated heterocycles. The molecular weight excluding hydrogens is 218 g/mol. The Bertz CT molecular complexity index is 265. The van der Waals surface area contributed by atoms with Gasteiger partial charge in [0.15, 0.2) is 6.29 Å². The van der Waals surface area contributed by atoms with Crippen LogP contribution in [0.25, 0.3) is 0 Å². The second-order valence-corrected chi connectivity index (χ2v) is 3.10. The highest BCUT2D eigenvalue weighted by Gasteiger charge is 2.21. The monoisotopic (exact) mass is 235 g/mol. The summed E-state index contributed by atoms with van der Waals surface area (Å²) >= 11 is 0.